The molecule has 4 heteroatoms. The number of carbonyl (C=O) groups is 1. The van der Waals surface area contributed by atoms with Crippen molar-refractivity contribution in [3.8, 4) is 0 Å². The van der Waals surface area contributed by atoms with E-state index in [4.69, 9.17) is 9.84 Å². The van der Waals surface area contributed by atoms with Crippen molar-refractivity contribution in [2.45, 2.75) is 44.8 Å². The van der Waals surface area contributed by atoms with E-state index in [0.29, 0.717) is 12.3 Å². The van der Waals surface area contributed by atoms with Crippen LogP contribution >= 0.6 is 0 Å². The molecule has 1 aromatic rings. The van der Waals surface area contributed by atoms with E-state index in [-0.39, 0.29) is 6.42 Å². The standard InChI is InChI=1S/C18H26O4/c1-14(11-12-15-8-4-3-5-9-15)7-6-10-16(19)17(22-2)13-18(20)21/h3-9,14,16-17,19H,10-13H2,1-2H3,(H,20,21). The third-order valence-electron chi connectivity index (χ3n) is 3.68. The summed E-state index contributed by atoms with van der Waals surface area (Å²) in [6.07, 6.45) is 4.80. The normalized spacial score (nSPS) is 15.6. The summed E-state index contributed by atoms with van der Waals surface area (Å²) in [5.41, 5.74) is 1.32. The van der Waals surface area contributed by atoms with Crippen molar-refractivity contribution in [3.63, 3.8) is 0 Å². The molecule has 122 valence electrons. The Morgan fingerprint density at radius 2 is 2.00 bits per heavy atom. The molecule has 2 N–H and O–H groups in total. The Kier molecular flexibility index (Phi) is 8.48. The second-order valence-corrected chi connectivity index (χ2v) is 5.60. The highest BCUT2D eigenvalue weighted by Crippen LogP contribution is 2.13. The van der Waals surface area contributed by atoms with Crippen LogP contribution in [0.2, 0.25) is 0 Å². The molecule has 0 fully saturated rings. The largest absolute Gasteiger partial charge is 0.481 e. The van der Waals surface area contributed by atoms with Gasteiger partial charge >= 0.3 is 5.97 Å². The molecule has 22 heavy (non-hydrogen) atoms. The summed E-state index contributed by atoms with van der Waals surface area (Å²) in [5, 5.41) is 18.7. The fraction of sp³-hybridized carbons (Fsp3) is 0.500. The minimum Gasteiger partial charge on any atom is -0.481 e. The quantitative estimate of drug-likeness (QED) is 0.652. The molecule has 0 radical (unpaired) electrons. The number of hydrogen-bond acceptors (Lipinski definition) is 3. The van der Waals surface area contributed by atoms with Crippen molar-refractivity contribution in [3.05, 3.63) is 48.0 Å². The highest BCUT2D eigenvalue weighted by Gasteiger charge is 2.20. The number of hydrogen-bond donors (Lipinski definition) is 2. The fourth-order valence-corrected chi connectivity index (χ4v) is 2.29. The molecule has 4 nitrogen and oxygen atoms in total. The number of aliphatic hydroxyl groups excluding tert-OH is 1. The molecule has 0 saturated carbocycles. The summed E-state index contributed by atoms with van der Waals surface area (Å²) < 4.78 is 5.02. The molecule has 0 heterocycles. The number of benzene rings is 1. The van der Waals surface area contributed by atoms with Gasteiger partial charge in [-0.3, -0.25) is 4.79 Å². The van der Waals surface area contributed by atoms with E-state index in [1.807, 2.05) is 24.3 Å². The highest BCUT2D eigenvalue weighted by atomic mass is 16.5. The van der Waals surface area contributed by atoms with Crippen LogP contribution < -0.4 is 0 Å². The lowest BCUT2D eigenvalue weighted by Gasteiger charge is -2.18. The van der Waals surface area contributed by atoms with Crippen LogP contribution in [0, 0.1) is 5.92 Å². The van der Waals surface area contributed by atoms with E-state index in [2.05, 4.69) is 25.1 Å². The highest BCUT2D eigenvalue weighted by molar-refractivity contribution is 5.67. The van der Waals surface area contributed by atoms with Gasteiger partial charge < -0.3 is 14.9 Å². The maximum Gasteiger partial charge on any atom is 0.306 e. The van der Waals surface area contributed by atoms with Crippen LogP contribution in [0.4, 0.5) is 0 Å². The molecule has 0 spiro atoms. The van der Waals surface area contributed by atoms with Gasteiger partial charge in [0.1, 0.15) is 0 Å². The van der Waals surface area contributed by atoms with Crippen LogP contribution in [0.15, 0.2) is 42.5 Å². The van der Waals surface area contributed by atoms with E-state index in [9.17, 15) is 9.90 Å². The zero-order chi connectivity index (χ0) is 16.4. The van der Waals surface area contributed by atoms with Gasteiger partial charge in [0.25, 0.3) is 0 Å². The van der Waals surface area contributed by atoms with Gasteiger partial charge in [0.05, 0.1) is 18.6 Å². The van der Waals surface area contributed by atoms with Gasteiger partial charge in [0, 0.05) is 7.11 Å². The molecule has 0 aliphatic carbocycles. The fourth-order valence-electron chi connectivity index (χ4n) is 2.29. The zero-order valence-electron chi connectivity index (χ0n) is 13.3. The predicted octanol–water partition coefficient (Wildman–Crippen LogP) is 3.05. The molecule has 0 aliphatic heterocycles. The summed E-state index contributed by atoms with van der Waals surface area (Å²) in [5.74, 6) is -0.556. The van der Waals surface area contributed by atoms with Crippen molar-refractivity contribution < 1.29 is 19.7 Å². The third kappa shape index (κ3) is 7.38. The van der Waals surface area contributed by atoms with Crippen LogP contribution in [0.1, 0.15) is 31.7 Å². The molecule has 0 saturated heterocycles. The van der Waals surface area contributed by atoms with Crippen LogP contribution in [-0.4, -0.2) is 35.5 Å². The van der Waals surface area contributed by atoms with E-state index in [0.717, 1.165) is 12.8 Å². The summed E-state index contributed by atoms with van der Waals surface area (Å²) in [6.45, 7) is 2.14. The topological polar surface area (TPSA) is 66.8 Å². The first kappa shape index (κ1) is 18.4. The predicted molar refractivity (Wildman–Crippen MR) is 86.7 cm³/mol. The molecule has 3 atom stereocenters. The van der Waals surface area contributed by atoms with E-state index < -0.39 is 18.2 Å². The number of aliphatic carboxylic acids is 1. The van der Waals surface area contributed by atoms with Crippen molar-refractivity contribution in [1.29, 1.82) is 0 Å². The number of aryl methyl sites for hydroxylation is 1. The molecule has 1 aromatic carbocycles. The SMILES string of the molecule is COC(CC(=O)O)C(O)CC=CC(C)CCc1ccccc1. The van der Waals surface area contributed by atoms with Gasteiger partial charge in [-0.1, -0.05) is 49.4 Å². The number of carboxylic acids is 1. The Morgan fingerprint density at radius 3 is 2.59 bits per heavy atom. The Morgan fingerprint density at radius 1 is 1.32 bits per heavy atom. The molecule has 0 bridgehead atoms. The van der Waals surface area contributed by atoms with Crippen LogP contribution in [0.3, 0.4) is 0 Å². The maximum absolute atomic E-state index is 10.7. The smallest absolute Gasteiger partial charge is 0.306 e. The number of aliphatic hydroxyl groups is 1. The minimum atomic E-state index is -0.967. The second-order valence-electron chi connectivity index (χ2n) is 5.60. The van der Waals surface area contributed by atoms with Gasteiger partial charge in [-0.25, -0.2) is 0 Å². The lowest BCUT2D eigenvalue weighted by molar-refractivity contribution is -0.142. The average Bonchev–Trinajstić information content (AvgIpc) is 2.51. The summed E-state index contributed by atoms with van der Waals surface area (Å²) in [4.78, 5) is 10.7. The van der Waals surface area contributed by atoms with Crippen molar-refractivity contribution in [2.24, 2.45) is 5.92 Å². The molecule has 3 unspecified atom stereocenters. The van der Waals surface area contributed by atoms with Gasteiger partial charge in [0.2, 0.25) is 0 Å². The first-order valence-corrected chi connectivity index (χ1v) is 7.66. The minimum absolute atomic E-state index is 0.185. The lowest BCUT2D eigenvalue weighted by atomic mass is 9.99. The van der Waals surface area contributed by atoms with E-state index in [1.54, 1.807) is 0 Å². The molecule has 0 aliphatic rings. The molecular formula is C18H26O4. The Balaban J connectivity index is 2.32. The lowest BCUT2D eigenvalue weighted by Crippen LogP contribution is -2.30. The Labute approximate surface area is 132 Å². The number of ether oxygens (including phenoxy) is 1. The first-order valence-electron chi connectivity index (χ1n) is 7.66. The maximum atomic E-state index is 10.7. The first-order chi connectivity index (χ1) is 10.5. The van der Waals surface area contributed by atoms with Crippen LogP contribution in [-0.2, 0) is 16.0 Å². The van der Waals surface area contributed by atoms with Gasteiger partial charge in [-0.05, 0) is 30.7 Å². The van der Waals surface area contributed by atoms with E-state index in [1.165, 1.54) is 12.7 Å². The van der Waals surface area contributed by atoms with Gasteiger partial charge in [-0.15, -0.1) is 0 Å². The number of allylic oxidation sites excluding steroid dienone is 1. The number of rotatable bonds is 10. The third-order valence-corrected chi connectivity index (χ3v) is 3.68. The van der Waals surface area contributed by atoms with Gasteiger partial charge in [0.15, 0.2) is 0 Å². The molecule has 0 amide bonds. The monoisotopic (exact) mass is 306 g/mol. The Hall–Kier alpha value is -1.65. The molecular weight excluding hydrogens is 280 g/mol. The summed E-state index contributed by atoms with van der Waals surface area (Å²) in [6, 6.07) is 10.3. The average molecular weight is 306 g/mol. The van der Waals surface area contributed by atoms with Crippen molar-refractivity contribution >= 4 is 5.97 Å². The summed E-state index contributed by atoms with van der Waals surface area (Å²) >= 11 is 0. The molecule has 0 aromatic heterocycles. The number of methoxy groups -OCH3 is 1. The zero-order valence-corrected chi connectivity index (χ0v) is 13.3. The van der Waals surface area contributed by atoms with Crippen LogP contribution in [0.5, 0.6) is 0 Å². The van der Waals surface area contributed by atoms with E-state index >= 15 is 0 Å². The van der Waals surface area contributed by atoms with Gasteiger partial charge in [-0.2, -0.15) is 0 Å². The second kappa shape index (κ2) is 10.1. The van der Waals surface area contributed by atoms with Crippen molar-refractivity contribution in [1.82, 2.24) is 0 Å². The molecule has 1 rings (SSSR count). The number of carboxylic acid groups (broad SMARTS) is 1. The summed E-state index contributed by atoms with van der Waals surface area (Å²) in [7, 11) is 1.42. The Bertz CT molecular complexity index is 455. The van der Waals surface area contributed by atoms with Crippen LogP contribution in [0.25, 0.3) is 0 Å². The van der Waals surface area contributed by atoms with Crippen molar-refractivity contribution in [2.75, 3.05) is 7.11 Å².